The summed E-state index contributed by atoms with van der Waals surface area (Å²) < 4.78 is 0. The largest absolute Gasteiger partial charge is 0.328 e. The molecule has 1 nitrogen and oxygen atoms in total. The van der Waals surface area contributed by atoms with Crippen molar-refractivity contribution in [1.82, 2.24) is 0 Å². The minimum atomic E-state index is 0.501. The molecular formula is C15H27N. The Bertz CT molecular complexity index is 271. The molecule has 0 aromatic heterocycles. The average molecular weight is 221 g/mol. The fourth-order valence-electron chi connectivity index (χ4n) is 5.47. The van der Waals surface area contributed by atoms with E-state index in [1.807, 2.05) is 0 Å². The maximum atomic E-state index is 6.20. The molecule has 2 N–H and O–H groups in total. The van der Waals surface area contributed by atoms with Gasteiger partial charge >= 0.3 is 0 Å². The van der Waals surface area contributed by atoms with E-state index in [4.69, 9.17) is 5.73 Å². The smallest absolute Gasteiger partial charge is 0.00418 e. The van der Waals surface area contributed by atoms with Crippen molar-refractivity contribution in [3.05, 3.63) is 0 Å². The van der Waals surface area contributed by atoms with E-state index in [0.717, 1.165) is 23.7 Å². The molecule has 5 atom stereocenters. The van der Waals surface area contributed by atoms with E-state index in [-0.39, 0.29) is 0 Å². The Balaban J connectivity index is 1.89. The fraction of sp³-hybridized carbons (Fsp3) is 1.00. The highest BCUT2D eigenvalue weighted by Crippen LogP contribution is 2.62. The van der Waals surface area contributed by atoms with Gasteiger partial charge in [0, 0.05) is 6.04 Å². The molecule has 0 amide bonds. The third kappa shape index (κ3) is 1.47. The lowest BCUT2D eigenvalue weighted by molar-refractivity contribution is 0.118. The second-order valence-corrected chi connectivity index (χ2v) is 7.22. The van der Waals surface area contributed by atoms with E-state index >= 15 is 0 Å². The summed E-state index contributed by atoms with van der Waals surface area (Å²) in [6.45, 7) is 5.08. The minimum absolute atomic E-state index is 0.501. The zero-order valence-electron chi connectivity index (χ0n) is 10.9. The van der Waals surface area contributed by atoms with E-state index in [1.54, 1.807) is 0 Å². The number of hydrogen-bond donors (Lipinski definition) is 1. The van der Waals surface area contributed by atoms with Gasteiger partial charge in [-0.25, -0.2) is 0 Å². The van der Waals surface area contributed by atoms with Gasteiger partial charge < -0.3 is 5.73 Å². The van der Waals surface area contributed by atoms with Gasteiger partial charge in [0.15, 0.2) is 0 Å². The molecule has 5 unspecified atom stereocenters. The Morgan fingerprint density at radius 2 is 1.56 bits per heavy atom. The highest BCUT2D eigenvalue weighted by Gasteiger charge is 2.55. The quantitative estimate of drug-likeness (QED) is 0.665. The molecule has 1 heteroatoms. The minimum Gasteiger partial charge on any atom is -0.328 e. The highest BCUT2D eigenvalue weighted by atomic mass is 14.7. The second-order valence-electron chi connectivity index (χ2n) is 7.22. The van der Waals surface area contributed by atoms with Crippen LogP contribution in [0.15, 0.2) is 0 Å². The third-order valence-corrected chi connectivity index (χ3v) is 6.22. The van der Waals surface area contributed by atoms with Crippen LogP contribution in [0, 0.1) is 29.1 Å². The molecule has 16 heavy (non-hydrogen) atoms. The Morgan fingerprint density at radius 1 is 0.875 bits per heavy atom. The molecule has 0 spiro atoms. The van der Waals surface area contributed by atoms with Crippen LogP contribution in [0.3, 0.4) is 0 Å². The van der Waals surface area contributed by atoms with E-state index in [2.05, 4.69) is 13.8 Å². The van der Waals surface area contributed by atoms with Crippen LogP contribution in [0.1, 0.15) is 58.8 Å². The molecule has 0 radical (unpaired) electrons. The number of fused-ring (bicyclic) bond motifs is 3. The Morgan fingerprint density at radius 3 is 2.38 bits per heavy atom. The first-order chi connectivity index (χ1) is 7.60. The van der Waals surface area contributed by atoms with Crippen molar-refractivity contribution in [2.45, 2.75) is 64.8 Å². The lowest BCUT2D eigenvalue weighted by Gasteiger charge is -2.39. The fourth-order valence-corrected chi connectivity index (χ4v) is 5.47. The van der Waals surface area contributed by atoms with Crippen molar-refractivity contribution in [2.24, 2.45) is 34.8 Å². The number of rotatable bonds is 0. The van der Waals surface area contributed by atoms with Crippen LogP contribution in [0.2, 0.25) is 0 Å². The summed E-state index contributed by atoms with van der Waals surface area (Å²) in [6.07, 6.45) is 10.0. The van der Waals surface area contributed by atoms with Crippen molar-refractivity contribution >= 4 is 0 Å². The van der Waals surface area contributed by atoms with Crippen molar-refractivity contribution in [1.29, 1.82) is 0 Å². The zero-order chi connectivity index (χ0) is 11.3. The van der Waals surface area contributed by atoms with Crippen LogP contribution >= 0.6 is 0 Å². The summed E-state index contributed by atoms with van der Waals surface area (Å²) in [6, 6.07) is 0.501. The first-order valence-electron chi connectivity index (χ1n) is 7.36. The van der Waals surface area contributed by atoms with Gasteiger partial charge in [0.1, 0.15) is 0 Å². The average Bonchev–Trinajstić information content (AvgIpc) is 2.49. The maximum absolute atomic E-state index is 6.20. The first-order valence-corrected chi connectivity index (χ1v) is 7.36. The molecule has 0 saturated heterocycles. The van der Waals surface area contributed by atoms with Crippen LogP contribution < -0.4 is 5.73 Å². The van der Waals surface area contributed by atoms with Gasteiger partial charge in [0.25, 0.3) is 0 Å². The lowest BCUT2D eigenvalue weighted by atomic mass is 9.67. The van der Waals surface area contributed by atoms with Crippen molar-refractivity contribution in [3.8, 4) is 0 Å². The van der Waals surface area contributed by atoms with Gasteiger partial charge in [0.2, 0.25) is 0 Å². The summed E-state index contributed by atoms with van der Waals surface area (Å²) in [4.78, 5) is 0. The molecule has 3 rings (SSSR count). The molecule has 0 heterocycles. The number of hydrogen-bond acceptors (Lipinski definition) is 1. The topological polar surface area (TPSA) is 26.0 Å². The molecule has 3 aliphatic rings. The van der Waals surface area contributed by atoms with Crippen LogP contribution in [-0.2, 0) is 0 Å². The molecule has 3 fully saturated rings. The van der Waals surface area contributed by atoms with Crippen LogP contribution in [-0.4, -0.2) is 6.04 Å². The molecule has 3 aliphatic carbocycles. The monoisotopic (exact) mass is 221 g/mol. The normalized spacial score (nSPS) is 50.8. The van der Waals surface area contributed by atoms with Crippen LogP contribution in [0.25, 0.3) is 0 Å². The van der Waals surface area contributed by atoms with Gasteiger partial charge in [-0.3, -0.25) is 0 Å². The Kier molecular flexibility index (Phi) is 2.58. The van der Waals surface area contributed by atoms with Crippen LogP contribution in [0.5, 0.6) is 0 Å². The van der Waals surface area contributed by atoms with Gasteiger partial charge in [-0.05, 0) is 61.2 Å². The van der Waals surface area contributed by atoms with Gasteiger partial charge in [0.05, 0.1) is 0 Å². The summed E-state index contributed by atoms with van der Waals surface area (Å²) in [5.74, 6) is 4.03. The SMILES string of the molecule is CC1(C)C2CCCCC2C2CCC(N)CC21. The van der Waals surface area contributed by atoms with Crippen molar-refractivity contribution in [3.63, 3.8) is 0 Å². The van der Waals surface area contributed by atoms with E-state index < -0.39 is 0 Å². The molecular weight excluding hydrogens is 194 g/mol. The molecule has 92 valence electrons. The van der Waals surface area contributed by atoms with Gasteiger partial charge in [-0.1, -0.05) is 26.7 Å². The van der Waals surface area contributed by atoms with E-state index in [1.165, 1.54) is 44.9 Å². The van der Waals surface area contributed by atoms with E-state index in [9.17, 15) is 0 Å². The summed E-state index contributed by atoms with van der Waals surface area (Å²) >= 11 is 0. The molecule has 0 aromatic rings. The van der Waals surface area contributed by atoms with Crippen molar-refractivity contribution < 1.29 is 0 Å². The summed E-state index contributed by atoms with van der Waals surface area (Å²) in [5.41, 5.74) is 6.78. The highest BCUT2D eigenvalue weighted by molar-refractivity contribution is 5.05. The third-order valence-electron chi connectivity index (χ3n) is 6.22. The first kappa shape index (κ1) is 11.1. The van der Waals surface area contributed by atoms with Crippen LogP contribution in [0.4, 0.5) is 0 Å². The Hall–Kier alpha value is -0.0400. The summed E-state index contributed by atoms with van der Waals surface area (Å²) in [7, 11) is 0. The van der Waals surface area contributed by atoms with Crippen molar-refractivity contribution in [2.75, 3.05) is 0 Å². The molecule has 0 aromatic carbocycles. The maximum Gasteiger partial charge on any atom is 0.00418 e. The molecule has 3 saturated carbocycles. The number of nitrogens with two attached hydrogens (primary N) is 1. The second kappa shape index (κ2) is 3.73. The molecule has 0 bridgehead atoms. The predicted octanol–water partition coefficient (Wildman–Crippen LogP) is 3.58. The zero-order valence-corrected chi connectivity index (χ0v) is 10.9. The molecule has 0 aliphatic heterocycles. The predicted molar refractivity (Wildman–Crippen MR) is 68.0 cm³/mol. The van der Waals surface area contributed by atoms with Gasteiger partial charge in [-0.2, -0.15) is 0 Å². The standard InChI is InChI=1S/C15H27N/c1-15(2)13-6-4-3-5-11(13)12-8-7-10(16)9-14(12)15/h10-14H,3-9,16H2,1-2H3. The Labute approximate surface area is 100 Å². The summed E-state index contributed by atoms with van der Waals surface area (Å²) in [5, 5.41) is 0. The van der Waals surface area contributed by atoms with Gasteiger partial charge in [-0.15, -0.1) is 0 Å². The van der Waals surface area contributed by atoms with E-state index in [0.29, 0.717) is 11.5 Å². The lowest BCUT2D eigenvalue weighted by Crippen LogP contribution is -2.37.